The fourth-order valence-corrected chi connectivity index (χ4v) is 0.418. The molecule has 0 bridgehead atoms. The van der Waals surface area contributed by atoms with Gasteiger partial charge in [0.2, 0.25) is 0 Å². The average molecular weight is 99.2 g/mol. The zero-order valence-corrected chi connectivity index (χ0v) is 4.85. The molecular weight excluding hydrogens is 86.1 g/mol. The minimum Gasteiger partial charge on any atom is -0.405 e. The van der Waals surface area contributed by atoms with Crippen LogP contribution in [-0.4, -0.2) is 0 Å². The van der Waals surface area contributed by atoms with E-state index in [-0.39, 0.29) is 0 Å². The highest BCUT2D eigenvalue weighted by Crippen LogP contribution is 1.92. The van der Waals surface area contributed by atoms with Crippen LogP contribution >= 0.6 is 0 Å². The maximum absolute atomic E-state index is 5.09. The Morgan fingerprint density at radius 1 is 1.57 bits per heavy atom. The number of unbranched alkanes of at least 4 members (excludes halogenated alkanes) is 2. The SMILES string of the molecule is CCCC/C=C/N. The molecule has 0 rings (SSSR count). The summed E-state index contributed by atoms with van der Waals surface area (Å²) in [5.74, 6) is 0. The van der Waals surface area contributed by atoms with Gasteiger partial charge >= 0.3 is 0 Å². The standard InChI is InChI=1S/C6H13N/c1-2-3-4-5-6-7/h5-6H,2-4,7H2,1H3/b6-5+. The van der Waals surface area contributed by atoms with Gasteiger partial charge in [-0.1, -0.05) is 25.8 Å². The molecular formula is C6H13N. The molecule has 0 amide bonds. The first-order valence-corrected chi connectivity index (χ1v) is 2.78. The van der Waals surface area contributed by atoms with Gasteiger partial charge in [0.05, 0.1) is 0 Å². The average Bonchev–Trinajstić information content (AvgIpc) is 1.69. The van der Waals surface area contributed by atoms with Crippen LogP contribution in [0.25, 0.3) is 0 Å². The van der Waals surface area contributed by atoms with Gasteiger partial charge < -0.3 is 5.73 Å². The van der Waals surface area contributed by atoms with Gasteiger partial charge in [-0.2, -0.15) is 0 Å². The number of rotatable bonds is 3. The molecule has 0 heterocycles. The van der Waals surface area contributed by atoms with Crippen molar-refractivity contribution in [2.45, 2.75) is 26.2 Å². The topological polar surface area (TPSA) is 26.0 Å². The van der Waals surface area contributed by atoms with Crippen LogP contribution in [0.5, 0.6) is 0 Å². The number of allylic oxidation sites excluding steroid dienone is 1. The fourth-order valence-electron chi connectivity index (χ4n) is 0.418. The third kappa shape index (κ3) is 5.54. The second-order valence-corrected chi connectivity index (χ2v) is 1.57. The molecule has 0 saturated heterocycles. The third-order valence-corrected chi connectivity index (χ3v) is 0.860. The van der Waals surface area contributed by atoms with Crippen LogP contribution in [0, 0.1) is 0 Å². The third-order valence-electron chi connectivity index (χ3n) is 0.860. The quantitative estimate of drug-likeness (QED) is 0.535. The minimum absolute atomic E-state index is 1.13. The molecule has 0 aliphatic rings. The highest BCUT2D eigenvalue weighted by Gasteiger charge is 1.73. The first kappa shape index (κ1) is 6.54. The Balaban J connectivity index is 2.69. The summed E-state index contributed by atoms with van der Waals surface area (Å²) in [6, 6.07) is 0. The molecule has 0 radical (unpaired) electrons. The van der Waals surface area contributed by atoms with Crippen molar-refractivity contribution >= 4 is 0 Å². The van der Waals surface area contributed by atoms with Gasteiger partial charge in [0.1, 0.15) is 0 Å². The molecule has 0 aliphatic carbocycles. The van der Waals surface area contributed by atoms with E-state index in [0.29, 0.717) is 0 Å². The molecule has 0 aromatic carbocycles. The van der Waals surface area contributed by atoms with Crippen molar-refractivity contribution in [2.75, 3.05) is 0 Å². The summed E-state index contributed by atoms with van der Waals surface area (Å²) in [7, 11) is 0. The van der Waals surface area contributed by atoms with Crippen LogP contribution in [0.15, 0.2) is 12.3 Å². The largest absolute Gasteiger partial charge is 0.405 e. The van der Waals surface area contributed by atoms with Gasteiger partial charge in [-0.3, -0.25) is 0 Å². The Kier molecular flexibility index (Phi) is 5.18. The molecule has 0 spiro atoms. The lowest BCUT2D eigenvalue weighted by molar-refractivity contribution is 0.814. The van der Waals surface area contributed by atoms with E-state index in [1.54, 1.807) is 6.20 Å². The molecule has 0 saturated carbocycles. The van der Waals surface area contributed by atoms with Gasteiger partial charge in [-0.15, -0.1) is 0 Å². The van der Waals surface area contributed by atoms with E-state index >= 15 is 0 Å². The molecule has 1 heteroatoms. The number of nitrogens with two attached hydrogens (primary N) is 1. The summed E-state index contributed by atoms with van der Waals surface area (Å²) in [4.78, 5) is 0. The maximum Gasteiger partial charge on any atom is -0.0103 e. The summed E-state index contributed by atoms with van der Waals surface area (Å²) in [6.07, 6.45) is 7.24. The monoisotopic (exact) mass is 99.1 g/mol. The van der Waals surface area contributed by atoms with Gasteiger partial charge in [0.25, 0.3) is 0 Å². The predicted molar refractivity (Wildman–Crippen MR) is 32.9 cm³/mol. The van der Waals surface area contributed by atoms with E-state index in [4.69, 9.17) is 5.73 Å². The van der Waals surface area contributed by atoms with Crippen LogP contribution in [0.1, 0.15) is 26.2 Å². The van der Waals surface area contributed by atoms with Gasteiger partial charge in [0, 0.05) is 0 Å². The summed E-state index contributed by atoms with van der Waals surface area (Å²) in [5.41, 5.74) is 5.09. The van der Waals surface area contributed by atoms with Crippen molar-refractivity contribution in [3.8, 4) is 0 Å². The van der Waals surface area contributed by atoms with Crippen LogP contribution in [0.3, 0.4) is 0 Å². The van der Waals surface area contributed by atoms with E-state index in [2.05, 4.69) is 6.92 Å². The van der Waals surface area contributed by atoms with Crippen molar-refractivity contribution in [1.29, 1.82) is 0 Å². The highest BCUT2D eigenvalue weighted by atomic mass is 14.5. The zero-order chi connectivity index (χ0) is 5.54. The lowest BCUT2D eigenvalue weighted by Gasteiger charge is -1.83. The molecule has 1 nitrogen and oxygen atoms in total. The molecule has 0 aromatic rings. The van der Waals surface area contributed by atoms with Crippen LogP contribution in [0.4, 0.5) is 0 Å². The molecule has 0 unspecified atom stereocenters. The maximum atomic E-state index is 5.09. The minimum atomic E-state index is 1.13. The van der Waals surface area contributed by atoms with E-state index in [1.807, 2.05) is 6.08 Å². The molecule has 0 aliphatic heterocycles. The molecule has 7 heavy (non-hydrogen) atoms. The van der Waals surface area contributed by atoms with Crippen LogP contribution < -0.4 is 5.73 Å². The Morgan fingerprint density at radius 2 is 2.29 bits per heavy atom. The fraction of sp³-hybridized carbons (Fsp3) is 0.667. The molecule has 0 atom stereocenters. The van der Waals surface area contributed by atoms with Crippen molar-refractivity contribution in [3.05, 3.63) is 12.3 Å². The summed E-state index contributed by atoms with van der Waals surface area (Å²) in [5, 5.41) is 0. The van der Waals surface area contributed by atoms with Crippen molar-refractivity contribution < 1.29 is 0 Å². The zero-order valence-electron chi connectivity index (χ0n) is 4.85. The van der Waals surface area contributed by atoms with Crippen LogP contribution in [0.2, 0.25) is 0 Å². The van der Waals surface area contributed by atoms with E-state index in [0.717, 1.165) is 6.42 Å². The Morgan fingerprint density at radius 3 is 2.71 bits per heavy atom. The van der Waals surface area contributed by atoms with Crippen LogP contribution in [-0.2, 0) is 0 Å². The van der Waals surface area contributed by atoms with E-state index < -0.39 is 0 Å². The number of hydrogen-bond acceptors (Lipinski definition) is 1. The molecule has 2 N–H and O–H groups in total. The summed E-state index contributed by atoms with van der Waals surface area (Å²) < 4.78 is 0. The Bertz CT molecular complexity index is 48.1. The molecule has 0 fully saturated rings. The highest BCUT2D eigenvalue weighted by molar-refractivity contribution is 4.74. The van der Waals surface area contributed by atoms with Crippen molar-refractivity contribution in [2.24, 2.45) is 5.73 Å². The number of hydrogen-bond donors (Lipinski definition) is 1. The van der Waals surface area contributed by atoms with Gasteiger partial charge in [-0.05, 0) is 12.6 Å². The lowest BCUT2D eigenvalue weighted by atomic mass is 10.2. The van der Waals surface area contributed by atoms with Crippen molar-refractivity contribution in [3.63, 3.8) is 0 Å². The first-order chi connectivity index (χ1) is 3.41. The molecule has 0 aromatic heterocycles. The van der Waals surface area contributed by atoms with Crippen molar-refractivity contribution in [1.82, 2.24) is 0 Å². The second-order valence-electron chi connectivity index (χ2n) is 1.57. The van der Waals surface area contributed by atoms with E-state index in [1.165, 1.54) is 12.8 Å². The molecule has 42 valence electrons. The second kappa shape index (κ2) is 5.54. The predicted octanol–water partition coefficient (Wildman–Crippen LogP) is 1.65. The van der Waals surface area contributed by atoms with Gasteiger partial charge in [-0.25, -0.2) is 0 Å². The normalized spacial score (nSPS) is 10.4. The smallest absolute Gasteiger partial charge is 0.0103 e. The lowest BCUT2D eigenvalue weighted by Crippen LogP contribution is -1.75. The summed E-state index contributed by atoms with van der Waals surface area (Å²) in [6.45, 7) is 2.17. The Hall–Kier alpha value is -0.460. The van der Waals surface area contributed by atoms with Gasteiger partial charge in [0.15, 0.2) is 0 Å². The Labute approximate surface area is 45.2 Å². The first-order valence-electron chi connectivity index (χ1n) is 2.78. The van der Waals surface area contributed by atoms with E-state index in [9.17, 15) is 0 Å². The summed E-state index contributed by atoms with van der Waals surface area (Å²) >= 11 is 0.